The van der Waals surface area contributed by atoms with E-state index in [1.807, 2.05) is 16.4 Å². The molecule has 0 aliphatic carbocycles. The van der Waals surface area contributed by atoms with Crippen molar-refractivity contribution in [3.05, 3.63) is 5.69 Å². The molecule has 0 radical (unpaired) electrons. The predicted molar refractivity (Wildman–Crippen MR) is 73.7 cm³/mol. The fraction of sp³-hybridized carbons (Fsp3) is 0.667. The van der Waals surface area contributed by atoms with Crippen molar-refractivity contribution in [2.75, 3.05) is 37.0 Å². The molecule has 1 saturated heterocycles. The van der Waals surface area contributed by atoms with Gasteiger partial charge in [-0.05, 0) is 6.42 Å². The molecule has 19 heavy (non-hydrogen) atoms. The van der Waals surface area contributed by atoms with Gasteiger partial charge in [0.25, 0.3) is 0 Å². The van der Waals surface area contributed by atoms with Crippen LogP contribution >= 0.6 is 0 Å². The van der Waals surface area contributed by atoms with Crippen molar-refractivity contribution >= 4 is 17.1 Å². The van der Waals surface area contributed by atoms with Gasteiger partial charge in [-0.2, -0.15) is 5.10 Å². The summed E-state index contributed by atoms with van der Waals surface area (Å²) in [4.78, 5) is 4.50. The maximum absolute atomic E-state index is 6.09. The van der Waals surface area contributed by atoms with E-state index < -0.39 is 0 Å². The molecule has 2 aromatic rings. The number of aryl methyl sites for hydroxylation is 2. The molecule has 2 N–H and O–H groups in total. The van der Waals surface area contributed by atoms with E-state index in [1.54, 1.807) is 0 Å². The van der Waals surface area contributed by atoms with E-state index in [0.717, 1.165) is 56.0 Å². The summed E-state index contributed by atoms with van der Waals surface area (Å²) in [5, 5.41) is 6.73. The van der Waals surface area contributed by atoms with Crippen LogP contribution in [-0.4, -0.2) is 45.7 Å². The van der Waals surface area contributed by atoms with Gasteiger partial charge in [-0.1, -0.05) is 13.3 Å². The molecule has 1 aliphatic heterocycles. The van der Waals surface area contributed by atoms with Gasteiger partial charge in [0.2, 0.25) is 5.95 Å². The van der Waals surface area contributed by atoms with Crippen LogP contribution in [0.4, 0.5) is 5.95 Å². The average molecular weight is 264 g/mol. The molecule has 104 valence electrons. The van der Waals surface area contributed by atoms with Crippen molar-refractivity contribution in [2.24, 2.45) is 7.05 Å². The van der Waals surface area contributed by atoms with Crippen LogP contribution in [0.15, 0.2) is 0 Å². The Morgan fingerprint density at radius 2 is 2.05 bits per heavy atom. The van der Waals surface area contributed by atoms with Crippen LogP contribution in [0.25, 0.3) is 11.2 Å². The largest absolute Gasteiger partial charge is 0.378 e. The molecule has 7 nitrogen and oxygen atoms in total. The minimum Gasteiger partial charge on any atom is -0.378 e. The number of nitrogens with zero attached hydrogens (tertiary/aromatic N) is 5. The summed E-state index contributed by atoms with van der Waals surface area (Å²) in [6.07, 6.45) is 1.98. The Balaban J connectivity index is 2.10. The fourth-order valence-corrected chi connectivity index (χ4v) is 2.62. The number of nitrogen functional groups attached to an aromatic ring is 1. The highest BCUT2D eigenvalue weighted by molar-refractivity contribution is 5.78. The molecule has 1 fully saturated rings. The molecular formula is C12H20N6O. The lowest BCUT2D eigenvalue weighted by molar-refractivity contribution is 0.112. The second-order valence-corrected chi connectivity index (χ2v) is 4.84. The number of aromatic nitrogens is 4. The van der Waals surface area contributed by atoms with E-state index in [0.29, 0.717) is 5.95 Å². The lowest BCUT2D eigenvalue weighted by Gasteiger charge is -2.30. The van der Waals surface area contributed by atoms with Crippen LogP contribution in [0.3, 0.4) is 0 Å². The lowest BCUT2D eigenvalue weighted by atomic mass is 10.2. The van der Waals surface area contributed by atoms with Gasteiger partial charge in [-0.15, -0.1) is 0 Å². The van der Waals surface area contributed by atoms with Gasteiger partial charge < -0.3 is 15.5 Å². The standard InChI is InChI=1S/C12H20N6O/c1-3-4-9-10-11(16(2)15-9)18(12(13)14-10)17-5-7-19-8-6-17/h3-8H2,1-2H3,(H2,13,14). The van der Waals surface area contributed by atoms with Crippen molar-refractivity contribution in [2.45, 2.75) is 19.8 Å². The van der Waals surface area contributed by atoms with Crippen molar-refractivity contribution < 1.29 is 4.74 Å². The predicted octanol–water partition coefficient (Wildman–Crippen LogP) is 0.273. The number of hydrogen-bond donors (Lipinski definition) is 1. The molecule has 0 unspecified atom stereocenters. The van der Waals surface area contributed by atoms with Crippen molar-refractivity contribution in [3.63, 3.8) is 0 Å². The van der Waals surface area contributed by atoms with Crippen LogP contribution in [-0.2, 0) is 18.2 Å². The molecule has 3 heterocycles. The number of morpholine rings is 1. The molecular weight excluding hydrogens is 244 g/mol. The van der Waals surface area contributed by atoms with E-state index in [2.05, 4.69) is 22.0 Å². The zero-order chi connectivity index (χ0) is 13.4. The molecule has 1 aliphatic rings. The van der Waals surface area contributed by atoms with Crippen LogP contribution in [0.5, 0.6) is 0 Å². The highest BCUT2D eigenvalue weighted by atomic mass is 16.5. The Bertz CT molecular complexity index is 581. The quantitative estimate of drug-likeness (QED) is 0.861. The zero-order valence-corrected chi connectivity index (χ0v) is 11.5. The number of fused-ring (bicyclic) bond motifs is 1. The maximum Gasteiger partial charge on any atom is 0.222 e. The van der Waals surface area contributed by atoms with Gasteiger partial charge in [-0.25, -0.2) is 14.3 Å². The van der Waals surface area contributed by atoms with E-state index in [1.165, 1.54) is 0 Å². The fourth-order valence-electron chi connectivity index (χ4n) is 2.62. The average Bonchev–Trinajstić information content (AvgIpc) is 2.89. The maximum atomic E-state index is 6.09. The van der Waals surface area contributed by atoms with Crippen LogP contribution < -0.4 is 10.7 Å². The van der Waals surface area contributed by atoms with Gasteiger partial charge >= 0.3 is 0 Å². The molecule has 0 amide bonds. The summed E-state index contributed by atoms with van der Waals surface area (Å²) >= 11 is 0. The molecule has 0 aromatic carbocycles. The van der Waals surface area contributed by atoms with Gasteiger partial charge in [-0.3, -0.25) is 0 Å². The number of ether oxygens (including phenoxy) is 1. The number of nitrogens with two attached hydrogens (primary N) is 1. The summed E-state index contributed by atoms with van der Waals surface area (Å²) in [5.41, 5.74) is 9.02. The molecule has 3 rings (SSSR count). The second kappa shape index (κ2) is 4.73. The number of imidazole rings is 1. The number of rotatable bonds is 3. The summed E-state index contributed by atoms with van der Waals surface area (Å²) in [6, 6.07) is 0. The Kier molecular flexibility index (Phi) is 3.06. The van der Waals surface area contributed by atoms with Crippen LogP contribution in [0.1, 0.15) is 19.0 Å². The molecule has 0 atom stereocenters. The first-order valence-electron chi connectivity index (χ1n) is 6.75. The van der Waals surface area contributed by atoms with E-state index in [4.69, 9.17) is 10.5 Å². The number of hydrogen-bond acceptors (Lipinski definition) is 5. The second-order valence-electron chi connectivity index (χ2n) is 4.84. The van der Waals surface area contributed by atoms with E-state index >= 15 is 0 Å². The minimum atomic E-state index is 0.530. The summed E-state index contributed by atoms with van der Waals surface area (Å²) in [6.45, 7) is 5.23. The van der Waals surface area contributed by atoms with E-state index in [9.17, 15) is 0 Å². The summed E-state index contributed by atoms with van der Waals surface area (Å²) < 4.78 is 9.24. The van der Waals surface area contributed by atoms with Gasteiger partial charge in [0, 0.05) is 7.05 Å². The lowest BCUT2D eigenvalue weighted by Crippen LogP contribution is -2.44. The smallest absolute Gasteiger partial charge is 0.222 e. The molecule has 0 saturated carbocycles. The van der Waals surface area contributed by atoms with E-state index in [-0.39, 0.29) is 0 Å². The van der Waals surface area contributed by atoms with Crippen molar-refractivity contribution in [1.29, 1.82) is 0 Å². The minimum absolute atomic E-state index is 0.530. The molecule has 2 aromatic heterocycles. The van der Waals surface area contributed by atoms with Crippen molar-refractivity contribution in [1.82, 2.24) is 19.4 Å². The highest BCUT2D eigenvalue weighted by Gasteiger charge is 2.22. The first-order chi connectivity index (χ1) is 9.22. The SMILES string of the molecule is CCCc1nn(C)c2c1nc(N)n2N1CCOCC1. The first kappa shape index (κ1) is 12.3. The highest BCUT2D eigenvalue weighted by Crippen LogP contribution is 2.22. The third-order valence-electron chi connectivity index (χ3n) is 3.46. The molecule has 0 spiro atoms. The van der Waals surface area contributed by atoms with Gasteiger partial charge in [0.15, 0.2) is 5.65 Å². The Morgan fingerprint density at radius 3 is 2.74 bits per heavy atom. The van der Waals surface area contributed by atoms with Gasteiger partial charge in [0.05, 0.1) is 32.0 Å². The third-order valence-corrected chi connectivity index (χ3v) is 3.46. The number of anilines is 1. The Morgan fingerprint density at radius 1 is 1.32 bits per heavy atom. The van der Waals surface area contributed by atoms with Crippen LogP contribution in [0.2, 0.25) is 0 Å². The topological polar surface area (TPSA) is 74.1 Å². The third kappa shape index (κ3) is 1.94. The molecule has 7 heteroatoms. The van der Waals surface area contributed by atoms with Crippen LogP contribution in [0, 0.1) is 0 Å². The Hall–Kier alpha value is -1.76. The normalized spacial score (nSPS) is 16.4. The zero-order valence-electron chi connectivity index (χ0n) is 11.5. The van der Waals surface area contributed by atoms with Crippen molar-refractivity contribution in [3.8, 4) is 0 Å². The monoisotopic (exact) mass is 264 g/mol. The molecule has 0 bridgehead atoms. The van der Waals surface area contributed by atoms with Gasteiger partial charge in [0.1, 0.15) is 5.52 Å². The Labute approximate surface area is 111 Å². The first-order valence-corrected chi connectivity index (χ1v) is 6.75. The summed E-state index contributed by atoms with van der Waals surface area (Å²) in [5.74, 6) is 0.530. The summed E-state index contributed by atoms with van der Waals surface area (Å²) in [7, 11) is 1.94.